The quantitative estimate of drug-likeness (QED) is 0.549. The van der Waals surface area contributed by atoms with Crippen LogP contribution < -0.4 is 4.90 Å². The summed E-state index contributed by atoms with van der Waals surface area (Å²) < 4.78 is 0. The number of hydrogen-bond acceptors (Lipinski definition) is 1. The van der Waals surface area contributed by atoms with Gasteiger partial charge in [-0.05, 0) is 43.7 Å². The number of para-hydroxylation sites is 1. The lowest BCUT2D eigenvalue weighted by Gasteiger charge is -2.28. The molecule has 0 aromatic heterocycles. The van der Waals surface area contributed by atoms with Crippen molar-refractivity contribution in [3.63, 3.8) is 0 Å². The molecule has 1 heteroatoms. The number of rotatable bonds is 5. The van der Waals surface area contributed by atoms with E-state index in [4.69, 9.17) is 0 Å². The van der Waals surface area contributed by atoms with Crippen molar-refractivity contribution < 1.29 is 0 Å². The van der Waals surface area contributed by atoms with Gasteiger partial charge < -0.3 is 4.90 Å². The first-order valence-electron chi connectivity index (χ1n) is 9.53. The number of nitrogens with zero attached hydrogens (tertiary/aromatic N) is 1. The van der Waals surface area contributed by atoms with Gasteiger partial charge in [0.05, 0.1) is 0 Å². The van der Waals surface area contributed by atoms with Crippen LogP contribution in [0.25, 0.3) is 0 Å². The predicted molar refractivity (Wildman–Crippen MR) is 114 cm³/mol. The van der Waals surface area contributed by atoms with Crippen LogP contribution in [0.15, 0.2) is 90.2 Å². The van der Waals surface area contributed by atoms with Gasteiger partial charge in [-0.25, -0.2) is 0 Å². The van der Waals surface area contributed by atoms with Gasteiger partial charge in [-0.1, -0.05) is 86.9 Å². The van der Waals surface area contributed by atoms with Crippen LogP contribution in [0.4, 0.5) is 11.4 Å². The maximum atomic E-state index is 2.40. The third-order valence-corrected chi connectivity index (χ3v) is 4.65. The second kappa shape index (κ2) is 7.78. The second-order valence-electron chi connectivity index (χ2n) is 7.70. The third kappa shape index (κ3) is 4.35. The summed E-state index contributed by atoms with van der Waals surface area (Å²) >= 11 is 0. The van der Waals surface area contributed by atoms with E-state index in [0.29, 0.717) is 0 Å². The van der Waals surface area contributed by atoms with E-state index in [1.807, 2.05) is 0 Å². The summed E-state index contributed by atoms with van der Waals surface area (Å²) in [7, 11) is 0. The Morgan fingerprint density at radius 2 is 1.46 bits per heavy atom. The standard InChI is InChI=1S/C25H29N/c1-5-9-21-14-17-24(19-25(3,4)18-21)26(22-10-7-6-8-11-22)23-15-12-20(2)13-16-23/h6-8,10-19H,5,9H2,1-4H3. The molecule has 1 aliphatic carbocycles. The first-order valence-corrected chi connectivity index (χ1v) is 9.53. The Balaban J connectivity index is 2.09. The molecule has 3 rings (SSSR count). The molecule has 1 aliphatic rings. The topological polar surface area (TPSA) is 3.24 Å². The zero-order chi connectivity index (χ0) is 18.6. The molecule has 1 nitrogen and oxygen atoms in total. The molecule has 134 valence electrons. The molecule has 0 heterocycles. The Labute approximate surface area is 158 Å². The lowest BCUT2D eigenvalue weighted by Crippen LogP contribution is -2.17. The van der Waals surface area contributed by atoms with Gasteiger partial charge in [-0.15, -0.1) is 0 Å². The number of hydrogen-bond donors (Lipinski definition) is 0. The normalized spacial score (nSPS) is 15.8. The summed E-state index contributed by atoms with van der Waals surface area (Å²) in [5, 5.41) is 0. The molecular formula is C25H29N. The second-order valence-corrected chi connectivity index (χ2v) is 7.70. The highest BCUT2D eigenvalue weighted by Crippen LogP contribution is 2.36. The Bertz CT molecular complexity index is 820. The molecule has 0 unspecified atom stereocenters. The minimum Gasteiger partial charge on any atom is -0.311 e. The van der Waals surface area contributed by atoms with E-state index in [2.05, 4.69) is 111 Å². The van der Waals surface area contributed by atoms with Gasteiger partial charge in [-0.3, -0.25) is 0 Å². The SMILES string of the molecule is CCCC1=CC(C)(C)C=C(N(c2ccccc2)c2ccc(C)cc2)C=C1. The first kappa shape index (κ1) is 18.3. The summed E-state index contributed by atoms with van der Waals surface area (Å²) in [5.41, 5.74) is 6.29. The average molecular weight is 344 g/mol. The lowest BCUT2D eigenvalue weighted by molar-refractivity contribution is 0.615. The minimum absolute atomic E-state index is 0.0149. The number of anilines is 2. The van der Waals surface area contributed by atoms with E-state index >= 15 is 0 Å². The zero-order valence-electron chi connectivity index (χ0n) is 16.4. The van der Waals surface area contributed by atoms with Crippen molar-refractivity contribution in [3.05, 3.63) is 95.7 Å². The summed E-state index contributed by atoms with van der Waals surface area (Å²) in [4.78, 5) is 2.35. The first-order chi connectivity index (χ1) is 12.5. The highest BCUT2D eigenvalue weighted by molar-refractivity contribution is 5.70. The van der Waals surface area contributed by atoms with Gasteiger partial charge in [0.1, 0.15) is 0 Å². The van der Waals surface area contributed by atoms with Crippen molar-refractivity contribution in [1.29, 1.82) is 0 Å². The van der Waals surface area contributed by atoms with Gasteiger partial charge in [0, 0.05) is 22.5 Å². The molecule has 0 saturated heterocycles. The van der Waals surface area contributed by atoms with E-state index in [0.717, 1.165) is 6.42 Å². The van der Waals surface area contributed by atoms with E-state index < -0.39 is 0 Å². The van der Waals surface area contributed by atoms with Gasteiger partial charge in [0.25, 0.3) is 0 Å². The maximum absolute atomic E-state index is 2.40. The molecule has 0 spiro atoms. The molecule has 0 amide bonds. The zero-order valence-corrected chi connectivity index (χ0v) is 16.4. The van der Waals surface area contributed by atoms with E-state index in [9.17, 15) is 0 Å². The number of benzene rings is 2. The maximum Gasteiger partial charge on any atom is 0.0461 e. The predicted octanol–water partition coefficient (Wildman–Crippen LogP) is 7.34. The molecule has 26 heavy (non-hydrogen) atoms. The highest BCUT2D eigenvalue weighted by atomic mass is 15.1. The van der Waals surface area contributed by atoms with Gasteiger partial charge in [-0.2, -0.15) is 0 Å². The van der Waals surface area contributed by atoms with Crippen LogP contribution in [-0.2, 0) is 0 Å². The fraction of sp³-hybridized carbons (Fsp3) is 0.280. The van der Waals surface area contributed by atoms with E-state index in [1.54, 1.807) is 0 Å². The van der Waals surface area contributed by atoms with Crippen molar-refractivity contribution in [2.75, 3.05) is 4.90 Å². The van der Waals surface area contributed by atoms with Crippen molar-refractivity contribution in [2.24, 2.45) is 5.41 Å². The third-order valence-electron chi connectivity index (χ3n) is 4.65. The molecule has 0 bridgehead atoms. The Hall–Kier alpha value is -2.54. The van der Waals surface area contributed by atoms with Gasteiger partial charge >= 0.3 is 0 Å². The number of allylic oxidation sites excluding steroid dienone is 5. The van der Waals surface area contributed by atoms with Crippen LogP contribution in [-0.4, -0.2) is 0 Å². The Kier molecular flexibility index (Phi) is 5.46. The summed E-state index contributed by atoms with van der Waals surface area (Å²) in [5.74, 6) is 0. The monoisotopic (exact) mass is 343 g/mol. The fourth-order valence-electron chi connectivity index (χ4n) is 3.49. The molecule has 0 N–H and O–H groups in total. The van der Waals surface area contributed by atoms with Crippen molar-refractivity contribution in [2.45, 2.75) is 40.5 Å². The molecule has 2 aromatic carbocycles. The van der Waals surface area contributed by atoms with Gasteiger partial charge in [0.15, 0.2) is 0 Å². The molecule has 0 fully saturated rings. The lowest BCUT2D eigenvalue weighted by atomic mass is 9.89. The highest BCUT2D eigenvalue weighted by Gasteiger charge is 2.20. The smallest absolute Gasteiger partial charge is 0.0461 e. The van der Waals surface area contributed by atoms with Crippen molar-refractivity contribution in [1.82, 2.24) is 0 Å². The van der Waals surface area contributed by atoms with Crippen LogP contribution in [0.5, 0.6) is 0 Å². The van der Waals surface area contributed by atoms with Crippen LogP contribution in [0.1, 0.15) is 39.2 Å². The molecule has 0 atom stereocenters. The minimum atomic E-state index is 0.0149. The van der Waals surface area contributed by atoms with Crippen LogP contribution in [0.2, 0.25) is 0 Å². The summed E-state index contributed by atoms with van der Waals surface area (Å²) in [6, 6.07) is 19.4. The van der Waals surface area contributed by atoms with Crippen molar-refractivity contribution in [3.8, 4) is 0 Å². The summed E-state index contributed by atoms with van der Waals surface area (Å²) in [6.45, 7) is 8.94. The molecular weight excluding hydrogens is 314 g/mol. The average Bonchev–Trinajstić information content (AvgIpc) is 2.76. The molecule has 0 saturated carbocycles. The van der Waals surface area contributed by atoms with Gasteiger partial charge in [0.2, 0.25) is 0 Å². The van der Waals surface area contributed by atoms with Crippen LogP contribution in [0.3, 0.4) is 0 Å². The molecule has 0 radical (unpaired) electrons. The largest absolute Gasteiger partial charge is 0.311 e. The Morgan fingerprint density at radius 1 is 0.808 bits per heavy atom. The van der Waals surface area contributed by atoms with Crippen molar-refractivity contribution >= 4 is 11.4 Å². The Morgan fingerprint density at radius 3 is 2.12 bits per heavy atom. The summed E-state index contributed by atoms with van der Waals surface area (Å²) in [6.07, 6.45) is 11.6. The van der Waals surface area contributed by atoms with E-state index in [1.165, 1.54) is 34.6 Å². The number of aryl methyl sites for hydroxylation is 1. The molecule has 0 aliphatic heterocycles. The van der Waals surface area contributed by atoms with Crippen LogP contribution in [0, 0.1) is 12.3 Å². The van der Waals surface area contributed by atoms with E-state index in [-0.39, 0.29) is 5.41 Å². The fourth-order valence-corrected chi connectivity index (χ4v) is 3.49. The molecule has 2 aromatic rings. The van der Waals surface area contributed by atoms with Crippen LogP contribution >= 0.6 is 0 Å².